The molecule has 0 aliphatic rings. The molecule has 0 aliphatic carbocycles. The van der Waals surface area contributed by atoms with Crippen LogP contribution in [0.15, 0.2) is 23.1 Å². The number of nitrogens with zero attached hydrogens (tertiary/aromatic N) is 1. The third kappa shape index (κ3) is 3.90. The van der Waals surface area contributed by atoms with E-state index in [1.165, 1.54) is 18.2 Å². The summed E-state index contributed by atoms with van der Waals surface area (Å²) in [7, 11) is -2.34. The Hall–Kier alpha value is -1.67. The molecule has 19 heavy (non-hydrogen) atoms. The first-order valence-electron chi connectivity index (χ1n) is 5.57. The maximum absolute atomic E-state index is 12.1. The molecular formula is C11H17N3O4S. The lowest BCUT2D eigenvalue weighted by Gasteiger charge is -2.20. The van der Waals surface area contributed by atoms with Crippen LogP contribution in [0, 0.1) is 10.1 Å². The Kier molecular flexibility index (Phi) is 4.16. The summed E-state index contributed by atoms with van der Waals surface area (Å²) in [5, 5.41) is 13.7. The van der Waals surface area contributed by atoms with Crippen LogP contribution in [0.3, 0.4) is 0 Å². The zero-order valence-electron chi connectivity index (χ0n) is 11.2. The van der Waals surface area contributed by atoms with Gasteiger partial charge in [0.05, 0.1) is 4.92 Å². The van der Waals surface area contributed by atoms with Crippen LogP contribution in [0.25, 0.3) is 0 Å². The molecule has 0 spiro atoms. The molecule has 0 aliphatic heterocycles. The minimum absolute atomic E-state index is 0.341. The summed E-state index contributed by atoms with van der Waals surface area (Å²) in [6.07, 6.45) is 0. The Morgan fingerprint density at radius 1 is 1.26 bits per heavy atom. The van der Waals surface area contributed by atoms with Crippen molar-refractivity contribution in [3.05, 3.63) is 28.3 Å². The van der Waals surface area contributed by atoms with E-state index in [-0.39, 0.29) is 4.90 Å². The smallest absolute Gasteiger partial charge is 0.291 e. The number of sulfonamides is 1. The molecule has 0 bridgehead atoms. The van der Waals surface area contributed by atoms with Gasteiger partial charge in [0.1, 0.15) is 0 Å². The molecule has 2 N–H and O–H groups in total. The average Bonchev–Trinajstić information content (AvgIpc) is 2.24. The number of nitro groups is 1. The lowest BCUT2D eigenvalue weighted by atomic mass is 10.1. The first-order valence-corrected chi connectivity index (χ1v) is 7.05. The van der Waals surface area contributed by atoms with Crippen LogP contribution < -0.4 is 10.0 Å². The van der Waals surface area contributed by atoms with Crippen molar-refractivity contribution in [2.45, 2.75) is 31.2 Å². The van der Waals surface area contributed by atoms with Crippen molar-refractivity contribution in [3.8, 4) is 0 Å². The predicted octanol–water partition coefficient (Wildman–Crippen LogP) is 1.71. The third-order valence-corrected chi connectivity index (χ3v) is 3.98. The van der Waals surface area contributed by atoms with Crippen molar-refractivity contribution >= 4 is 21.4 Å². The highest BCUT2D eigenvalue weighted by Crippen LogP contribution is 2.27. The van der Waals surface area contributed by atoms with E-state index in [0.29, 0.717) is 5.69 Å². The molecule has 0 saturated carbocycles. The summed E-state index contributed by atoms with van der Waals surface area (Å²) in [6, 6.07) is 3.89. The number of anilines is 1. The Morgan fingerprint density at radius 3 is 2.26 bits per heavy atom. The van der Waals surface area contributed by atoms with Crippen molar-refractivity contribution in [3.63, 3.8) is 0 Å². The van der Waals surface area contributed by atoms with Crippen LogP contribution in [-0.4, -0.2) is 25.9 Å². The Bertz CT molecular complexity index is 590. The van der Waals surface area contributed by atoms with Gasteiger partial charge >= 0.3 is 0 Å². The normalized spacial score (nSPS) is 12.2. The highest BCUT2D eigenvalue weighted by molar-refractivity contribution is 7.89. The number of nitrogens with one attached hydrogen (secondary N) is 2. The molecule has 0 saturated heterocycles. The maximum Gasteiger partial charge on any atom is 0.291 e. The molecule has 0 atom stereocenters. The van der Waals surface area contributed by atoms with Crippen molar-refractivity contribution < 1.29 is 13.3 Å². The number of nitro benzene ring substituents is 1. The summed E-state index contributed by atoms with van der Waals surface area (Å²) < 4.78 is 26.7. The zero-order chi connectivity index (χ0) is 14.8. The lowest BCUT2D eigenvalue weighted by Crippen LogP contribution is -2.40. The van der Waals surface area contributed by atoms with E-state index in [1.54, 1.807) is 27.8 Å². The van der Waals surface area contributed by atoms with Gasteiger partial charge in [-0.1, -0.05) is 0 Å². The minimum Gasteiger partial charge on any atom is -0.388 e. The maximum atomic E-state index is 12.1. The van der Waals surface area contributed by atoms with Gasteiger partial charge in [0.15, 0.2) is 4.90 Å². The summed E-state index contributed by atoms with van der Waals surface area (Å²) in [6.45, 7) is 5.00. The quantitative estimate of drug-likeness (QED) is 0.648. The van der Waals surface area contributed by atoms with Crippen LogP contribution in [0.4, 0.5) is 11.4 Å². The molecule has 0 fully saturated rings. The van der Waals surface area contributed by atoms with Gasteiger partial charge in [-0.15, -0.1) is 0 Å². The summed E-state index contributed by atoms with van der Waals surface area (Å²) >= 11 is 0. The van der Waals surface area contributed by atoms with Crippen LogP contribution in [0.5, 0.6) is 0 Å². The van der Waals surface area contributed by atoms with Crippen LogP contribution in [0.1, 0.15) is 20.8 Å². The van der Waals surface area contributed by atoms with Crippen LogP contribution in [0.2, 0.25) is 0 Å². The first kappa shape index (κ1) is 15.4. The van der Waals surface area contributed by atoms with E-state index in [9.17, 15) is 18.5 Å². The molecule has 0 amide bonds. The van der Waals surface area contributed by atoms with E-state index in [1.807, 2.05) is 0 Å². The largest absolute Gasteiger partial charge is 0.388 e. The van der Waals surface area contributed by atoms with Crippen molar-refractivity contribution in [2.24, 2.45) is 0 Å². The fourth-order valence-electron chi connectivity index (χ4n) is 1.50. The van der Waals surface area contributed by atoms with Crippen LogP contribution in [-0.2, 0) is 10.0 Å². The second-order valence-electron chi connectivity index (χ2n) is 5.05. The highest BCUT2D eigenvalue weighted by atomic mass is 32.2. The van der Waals surface area contributed by atoms with Crippen molar-refractivity contribution in [1.82, 2.24) is 4.72 Å². The van der Waals surface area contributed by atoms with E-state index in [0.717, 1.165) is 0 Å². The van der Waals surface area contributed by atoms with E-state index < -0.39 is 26.2 Å². The van der Waals surface area contributed by atoms with Gasteiger partial charge in [-0.05, 0) is 32.9 Å². The van der Waals surface area contributed by atoms with Gasteiger partial charge in [0.25, 0.3) is 5.69 Å². The van der Waals surface area contributed by atoms with E-state index in [2.05, 4.69) is 10.0 Å². The van der Waals surface area contributed by atoms with Crippen molar-refractivity contribution in [2.75, 3.05) is 12.4 Å². The van der Waals surface area contributed by atoms with Crippen molar-refractivity contribution in [1.29, 1.82) is 0 Å². The second kappa shape index (κ2) is 5.14. The SMILES string of the molecule is CNc1ccc(S(=O)(=O)NC(C)(C)C)c([N+](=O)[O-])c1. The topological polar surface area (TPSA) is 101 Å². The van der Waals surface area contributed by atoms with E-state index >= 15 is 0 Å². The molecule has 8 heteroatoms. The molecular weight excluding hydrogens is 270 g/mol. The van der Waals surface area contributed by atoms with Gasteiger partial charge in [-0.25, -0.2) is 13.1 Å². The van der Waals surface area contributed by atoms with Gasteiger partial charge in [-0.3, -0.25) is 10.1 Å². The molecule has 1 rings (SSSR count). The fraction of sp³-hybridized carbons (Fsp3) is 0.455. The molecule has 1 aromatic carbocycles. The van der Waals surface area contributed by atoms with E-state index in [4.69, 9.17) is 0 Å². The monoisotopic (exact) mass is 287 g/mol. The summed E-state index contributed by atoms with van der Waals surface area (Å²) in [4.78, 5) is 9.94. The molecule has 1 aromatic rings. The molecule has 0 aromatic heterocycles. The van der Waals surface area contributed by atoms with Gasteiger partial charge in [0.2, 0.25) is 10.0 Å². The van der Waals surface area contributed by atoms with Gasteiger partial charge in [-0.2, -0.15) is 0 Å². The zero-order valence-corrected chi connectivity index (χ0v) is 12.0. The Morgan fingerprint density at radius 2 is 1.84 bits per heavy atom. The molecule has 106 valence electrons. The first-order chi connectivity index (χ1) is 8.57. The second-order valence-corrected chi connectivity index (χ2v) is 6.70. The average molecular weight is 287 g/mol. The molecule has 0 radical (unpaired) electrons. The number of benzene rings is 1. The van der Waals surface area contributed by atoms with Crippen LogP contribution >= 0.6 is 0 Å². The number of rotatable bonds is 4. The predicted molar refractivity (Wildman–Crippen MR) is 72.7 cm³/mol. The fourth-order valence-corrected chi connectivity index (χ4v) is 3.07. The standard InChI is InChI=1S/C11H17N3O4S/c1-11(2,3)13-19(17,18)10-6-5-8(12-4)7-9(10)14(15)16/h5-7,12-13H,1-4H3. The van der Waals surface area contributed by atoms with Gasteiger partial charge < -0.3 is 5.32 Å². The third-order valence-electron chi connectivity index (χ3n) is 2.17. The Labute approximate surface area is 112 Å². The summed E-state index contributed by atoms with van der Waals surface area (Å²) in [5.41, 5.74) is -0.695. The number of hydrogen-bond acceptors (Lipinski definition) is 5. The number of hydrogen-bond donors (Lipinski definition) is 2. The minimum atomic E-state index is -3.94. The molecule has 0 unspecified atom stereocenters. The Balaban J connectivity index is 3.38. The van der Waals surface area contributed by atoms with Gasteiger partial charge in [0, 0.05) is 24.3 Å². The highest BCUT2D eigenvalue weighted by Gasteiger charge is 2.29. The molecule has 7 nitrogen and oxygen atoms in total. The lowest BCUT2D eigenvalue weighted by molar-refractivity contribution is -0.387. The summed E-state index contributed by atoms with van der Waals surface area (Å²) in [5.74, 6) is 0. The molecule has 0 heterocycles.